The summed E-state index contributed by atoms with van der Waals surface area (Å²) in [5, 5.41) is 0. The van der Waals surface area contributed by atoms with Gasteiger partial charge >= 0.3 is 11.9 Å². The Morgan fingerprint density at radius 2 is 1.69 bits per heavy atom. The number of carbonyl (C=O) groups is 3. The lowest BCUT2D eigenvalue weighted by Gasteiger charge is -2.22. The van der Waals surface area contributed by atoms with Crippen LogP contribution in [0.1, 0.15) is 20.3 Å². The number of ketones is 1. The first-order valence-electron chi connectivity index (χ1n) is 4.61. The largest absolute Gasteiger partial charge is 0.469 e. The standard InChI is InChI=1S/C10H15BrO5/c1-10(2,9(14)16-4)8(13)6(11)5-7(12)15-3/h6H,5H2,1-4H3. The number of hydrogen-bond donors (Lipinski definition) is 0. The molecule has 0 amide bonds. The van der Waals surface area contributed by atoms with Gasteiger partial charge in [-0.1, -0.05) is 15.9 Å². The molecule has 92 valence electrons. The minimum atomic E-state index is -1.28. The minimum Gasteiger partial charge on any atom is -0.469 e. The zero-order valence-corrected chi connectivity index (χ0v) is 11.3. The smallest absolute Gasteiger partial charge is 0.318 e. The van der Waals surface area contributed by atoms with Crippen molar-refractivity contribution in [1.82, 2.24) is 0 Å². The lowest BCUT2D eigenvalue weighted by Crippen LogP contribution is -2.40. The Morgan fingerprint density at radius 1 is 1.19 bits per heavy atom. The van der Waals surface area contributed by atoms with Gasteiger partial charge in [0, 0.05) is 0 Å². The highest BCUT2D eigenvalue weighted by Crippen LogP contribution is 2.25. The topological polar surface area (TPSA) is 69.7 Å². The van der Waals surface area contributed by atoms with E-state index in [-0.39, 0.29) is 6.42 Å². The molecule has 0 bridgehead atoms. The molecule has 0 aliphatic heterocycles. The Balaban J connectivity index is 4.66. The van der Waals surface area contributed by atoms with E-state index >= 15 is 0 Å². The number of methoxy groups -OCH3 is 2. The van der Waals surface area contributed by atoms with Crippen LogP contribution in [-0.2, 0) is 23.9 Å². The van der Waals surface area contributed by atoms with Crippen LogP contribution >= 0.6 is 15.9 Å². The molecule has 0 rings (SSSR count). The van der Waals surface area contributed by atoms with Crippen LogP contribution < -0.4 is 0 Å². The lowest BCUT2D eigenvalue weighted by atomic mass is 9.86. The average Bonchev–Trinajstić information content (AvgIpc) is 2.26. The van der Waals surface area contributed by atoms with Crippen molar-refractivity contribution in [3.05, 3.63) is 0 Å². The molecule has 0 aromatic carbocycles. The Kier molecular flexibility index (Phi) is 5.64. The van der Waals surface area contributed by atoms with Crippen LogP contribution in [0.4, 0.5) is 0 Å². The summed E-state index contributed by atoms with van der Waals surface area (Å²) in [7, 11) is 2.44. The van der Waals surface area contributed by atoms with Crippen LogP contribution in [-0.4, -0.2) is 36.8 Å². The van der Waals surface area contributed by atoms with E-state index in [1.807, 2.05) is 0 Å². The zero-order valence-electron chi connectivity index (χ0n) is 9.70. The molecule has 0 saturated heterocycles. The molecular formula is C10H15BrO5. The molecule has 0 fully saturated rings. The van der Waals surface area contributed by atoms with Gasteiger partial charge in [-0.2, -0.15) is 0 Å². The van der Waals surface area contributed by atoms with Gasteiger partial charge in [-0.25, -0.2) is 0 Å². The fourth-order valence-electron chi connectivity index (χ4n) is 1.07. The van der Waals surface area contributed by atoms with Crippen LogP contribution in [0, 0.1) is 5.41 Å². The van der Waals surface area contributed by atoms with Gasteiger partial charge in [0.1, 0.15) is 5.41 Å². The molecule has 0 saturated carbocycles. The summed E-state index contributed by atoms with van der Waals surface area (Å²) >= 11 is 3.06. The summed E-state index contributed by atoms with van der Waals surface area (Å²) in [5.74, 6) is -1.56. The molecule has 5 nitrogen and oxygen atoms in total. The summed E-state index contributed by atoms with van der Waals surface area (Å²) in [6, 6.07) is 0. The Morgan fingerprint density at radius 3 is 2.06 bits per heavy atom. The first kappa shape index (κ1) is 15.1. The second-order valence-corrected chi connectivity index (χ2v) is 4.83. The number of ether oxygens (including phenoxy) is 2. The van der Waals surface area contributed by atoms with Crippen LogP contribution in [0.25, 0.3) is 0 Å². The summed E-state index contributed by atoms with van der Waals surface area (Å²) in [5.41, 5.74) is -1.28. The number of halogens is 1. The van der Waals surface area contributed by atoms with Crippen LogP contribution in [0.5, 0.6) is 0 Å². The molecule has 16 heavy (non-hydrogen) atoms. The van der Waals surface area contributed by atoms with Gasteiger partial charge in [0.2, 0.25) is 0 Å². The summed E-state index contributed by atoms with van der Waals surface area (Å²) in [4.78, 5) is 33.4. The minimum absolute atomic E-state index is 0.115. The monoisotopic (exact) mass is 294 g/mol. The molecule has 0 aliphatic carbocycles. The van der Waals surface area contributed by atoms with E-state index in [4.69, 9.17) is 0 Å². The van der Waals surface area contributed by atoms with Gasteiger partial charge in [0.05, 0.1) is 25.5 Å². The Labute approximate surface area is 103 Å². The number of Topliss-reactive ketones (excluding diaryl/α,β-unsaturated/α-hetero) is 1. The number of alkyl halides is 1. The SMILES string of the molecule is COC(=O)CC(Br)C(=O)C(C)(C)C(=O)OC. The average molecular weight is 295 g/mol. The van der Waals surface area contributed by atoms with Crippen LogP contribution in [0.2, 0.25) is 0 Å². The third-order valence-corrected chi connectivity index (χ3v) is 2.91. The predicted octanol–water partition coefficient (Wildman–Crippen LogP) is 1.08. The van der Waals surface area contributed by atoms with Crippen molar-refractivity contribution in [2.75, 3.05) is 14.2 Å². The van der Waals surface area contributed by atoms with E-state index < -0.39 is 28.0 Å². The van der Waals surface area contributed by atoms with Crippen molar-refractivity contribution >= 4 is 33.7 Å². The normalized spacial score (nSPS) is 12.8. The number of carbonyl (C=O) groups excluding carboxylic acids is 3. The predicted molar refractivity (Wildman–Crippen MR) is 60.2 cm³/mol. The van der Waals surface area contributed by atoms with Crippen molar-refractivity contribution in [3.8, 4) is 0 Å². The van der Waals surface area contributed by atoms with Crippen molar-refractivity contribution in [2.24, 2.45) is 5.41 Å². The van der Waals surface area contributed by atoms with Crippen LogP contribution in [0.3, 0.4) is 0 Å². The van der Waals surface area contributed by atoms with Gasteiger partial charge in [0.25, 0.3) is 0 Å². The Hall–Kier alpha value is -0.910. The van der Waals surface area contributed by atoms with E-state index in [2.05, 4.69) is 25.4 Å². The Bertz CT molecular complexity index is 298. The highest BCUT2D eigenvalue weighted by molar-refractivity contribution is 9.10. The van der Waals surface area contributed by atoms with Crippen molar-refractivity contribution < 1.29 is 23.9 Å². The van der Waals surface area contributed by atoms with E-state index in [9.17, 15) is 14.4 Å². The molecule has 1 atom stereocenters. The molecule has 0 spiro atoms. The maximum Gasteiger partial charge on any atom is 0.318 e. The van der Waals surface area contributed by atoms with Gasteiger partial charge in [-0.15, -0.1) is 0 Å². The summed E-state index contributed by atoms with van der Waals surface area (Å²) in [6.45, 7) is 2.90. The third-order valence-electron chi connectivity index (χ3n) is 2.17. The second kappa shape index (κ2) is 5.98. The molecule has 0 aromatic heterocycles. The first-order chi connectivity index (χ1) is 7.27. The van der Waals surface area contributed by atoms with Gasteiger partial charge in [-0.05, 0) is 13.8 Å². The fraction of sp³-hybridized carbons (Fsp3) is 0.700. The summed E-state index contributed by atoms with van der Waals surface area (Å²) in [6.07, 6.45) is -0.115. The maximum atomic E-state index is 11.9. The highest BCUT2D eigenvalue weighted by atomic mass is 79.9. The van der Waals surface area contributed by atoms with Crippen molar-refractivity contribution in [1.29, 1.82) is 0 Å². The van der Waals surface area contributed by atoms with Crippen LogP contribution in [0.15, 0.2) is 0 Å². The maximum absolute atomic E-state index is 11.9. The third kappa shape index (κ3) is 3.59. The molecule has 6 heteroatoms. The molecule has 0 N–H and O–H groups in total. The van der Waals surface area contributed by atoms with Crippen molar-refractivity contribution in [2.45, 2.75) is 25.1 Å². The van der Waals surface area contributed by atoms with Gasteiger partial charge < -0.3 is 9.47 Å². The number of hydrogen-bond acceptors (Lipinski definition) is 5. The molecule has 1 unspecified atom stereocenters. The molecule has 0 radical (unpaired) electrons. The quantitative estimate of drug-likeness (QED) is 0.431. The molecule has 0 heterocycles. The number of esters is 2. The fourth-order valence-corrected chi connectivity index (χ4v) is 1.91. The lowest BCUT2D eigenvalue weighted by molar-refractivity contribution is -0.156. The molecular weight excluding hydrogens is 280 g/mol. The molecule has 0 aromatic rings. The van der Waals surface area contributed by atoms with Gasteiger partial charge in [-0.3, -0.25) is 14.4 Å². The van der Waals surface area contributed by atoms with E-state index in [0.717, 1.165) is 0 Å². The van der Waals surface area contributed by atoms with Crippen molar-refractivity contribution in [3.63, 3.8) is 0 Å². The van der Waals surface area contributed by atoms with E-state index in [0.29, 0.717) is 0 Å². The van der Waals surface area contributed by atoms with Gasteiger partial charge in [0.15, 0.2) is 5.78 Å². The highest BCUT2D eigenvalue weighted by Gasteiger charge is 2.40. The summed E-state index contributed by atoms with van der Waals surface area (Å²) < 4.78 is 8.95. The van der Waals surface area contributed by atoms with E-state index in [1.165, 1.54) is 28.1 Å². The van der Waals surface area contributed by atoms with E-state index in [1.54, 1.807) is 0 Å². The number of rotatable bonds is 5. The molecule has 0 aliphatic rings. The first-order valence-corrected chi connectivity index (χ1v) is 5.52. The zero-order chi connectivity index (χ0) is 12.9. The second-order valence-electron chi connectivity index (χ2n) is 3.73.